The Morgan fingerprint density at radius 3 is 1.21 bits per heavy atom. The molecule has 0 heterocycles. The fourth-order valence-electron chi connectivity index (χ4n) is 10.2. The Bertz CT molecular complexity index is 1290. The van der Waals surface area contributed by atoms with Crippen LogP contribution < -0.4 is 20.4 Å². The molecule has 0 aromatic heterocycles. The lowest BCUT2D eigenvalue weighted by Gasteiger charge is -2.41. The van der Waals surface area contributed by atoms with Gasteiger partial charge in [-0.2, -0.15) is 0 Å². The summed E-state index contributed by atoms with van der Waals surface area (Å²) in [4.78, 5) is 36.5. The Labute approximate surface area is 288 Å². The van der Waals surface area contributed by atoms with Crippen molar-refractivity contribution in [2.45, 2.75) is 89.1 Å². The van der Waals surface area contributed by atoms with Gasteiger partial charge >= 0.3 is 12.1 Å². The first kappa shape index (κ1) is 33.1. The number of fused-ring (bicyclic) bond motifs is 4. The van der Waals surface area contributed by atoms with E-state index in [1.807, 2.05) is 52.5 Å². The normalized spacial score (nSPS) is 30.2. The first-order valence-electron chi connectivity index (χ1n) is 18.9. The summed E-state index contributed by atoms with van der Waals surface area (Å²) < 4.78 is 0. The lowest BCUT2D eigenvalue weighted by molar-refractivity contribution is 0.110. The van der Waals surface area contributed by atoms with E-state index in [1.54, 1.807) is 0 Å². The summed E-state index contributed by atoms with van der Waals surface area (Å²) in [5.74, 6) is 3.92. The van der Waals surface area contributed by atoms with Gasteiger partial charge in [0.25, 0.3) is 0 Å². The predicted octanol–water partition coefficient (Wildman–Crippen LogP) is 8.37. The minimum atomic E-state index is 0.0741. The molecule has 2 aromatic carbocycles. The van der Waals surface area contributed by atoms with E-state index in [0.29, 0.717) is 35.8 Å². The molecular weight excluding hydrogens is 596 g/mol. The van der Waals surface area contributed by atoms with Gasteiger partial charge in [0.2, 0.25) is 0 Å². The molecule has 5 saturated carbocycles. The van der Waals surface area contributed by atoms with Crippen LogP contribution in [-0.4, -0.2) is 75.2 Å². The van der Waals surface area contributed by atoms with E-state index < -0.39 is 0 Å². The number of nitrogens with one attached hydrogen (secondary N) is 2. The highest BCUT2D eigenvalue weighted by Crippen LogP contribution is 2.49. The zero-order chi connectivity index (χ0) is 33.4. The van der Waals surface area contributed by atoms with E-state index in [0.717, 1.165) is 73.4 Å². The molecule has 5 fully saturated rings. The molecule has 6 atom stereocenters. The van der Waals surface area contributed by atoms with E-state index >= 15 is 0 Å². The van der Waals surface area contributed by atoms with Crippen molar-refractivity contribution in [1.29, 1.82) is 0 Å². The van der Waals surface area contributed by atoms with Crippen LogP contribution in [0.3, 0.4) is 0 Å². The molecule has 4 bridgehead atoms. The van der Waals surface area contributed by atoms with Crippen molar-refractivity contribution in [3.8, 4) is 0 Å². The summed E-state index contributed by atoms with van der Waals surface area (Å²) in [6, 6.07) is 17.2. The fraction of sp³-hybridized carbons (Fsp3) is 0.650. The summed E-state index contributed by atoms with van der Waals surface area (Å²) in [5.41, 5.74) is 4.00. The smallest absolute Gasteiger partial charge is 0.322 e. The number of rotatable bonds is 10. The van der Waals surface area contributed by atoms with Gasteiger partial charge in [0, 0.05) is 76.1 Å². The molecule has 8 nitrogen and oxygen atoms in total. The molecule has 2 aromatic rings. The van der Waals surface area contributed by atoms with Crippen molar-refractivity contribution in [1.82, 2.24) is 9.80 Å². The molecule has 0 radical (unpaired) electrons. The van der Waals surface area contributed by atoms with Crippen LogP contribution in [0.5, 0.6) is 0 Å². The summed E-state index contributed by atoms with van der Waals surface area (Å²) in [5, 5.41) is 6.54. The van der Waals surface area contributed by atoms with E-state index in [1.165, 1.54) is 51.4 Å². The summed E-state index contributed by atoms with van der Waals surface area (Å²) in [7, 11) is 8.15. The average Bonchev–Trinajstić information content (AvgIpc) is 3.91. The molecule has 2 N–H and O–H groups in total. The molecule has 260 valence electrons. The Morgan fingerprint density at radius 1 is 0.542 bits per heavy atom. The van der Waals surface area contributed by atoms with Crippen LogP contribution >= 0.6 is 0 Å². The van der Waals surface area contributed by atoms with Gasteiger partial charge < -0.3 is 30.2 Å². The Kier molecular flexibility index (Phi) is 9.79. The molecule has 7 rings (SSSR count). The number of anilines is 4. The Balaban J connectivity index is 0.983. The Morgan fingerprint density at radius 2 is 0.917 bits per heavy atom. The largest absolute Gasteiger partial charge is 0.378 e. The van der Waals surface area contributed by atoms with Gasteiger partial charge in [0.1, 0.15) is 0 Å². The standard InChI is InChI=1S/C40H58N6O2/c1-43(2)35-17-13-33(14-18-35)41-39(47)45(37-23-29-9-11-31(37)21-29)25-27-5-7-28(8-6-27)26-46(38-24-30-10-12-32(38)22-30)40(48)42-34-15-19-36(20-16-34)44(3)4/h13-20,27-32,37-38H,5-12,21-26H2,1-4H3,(H,41,47)(H,42,48)/t27?,28?,29-,30?,31?,32?,37-,38?/m0/s1. The van der Waals surface area contributed by atoms with Gasteiger partial charge in [-0.15, -0.1) is 0 Å². The zero-order valence-corrected chi connectivity index (χ0v) is 29.7. The minimum absolute atomic E-state index is 0.0741. The zero-order valence-electron chi connectivity index (χ0n) is 29.7. The molecule has 5 aliphatic rings. The molecule has 0 spiro atoms. The fourth-order valence-corrected chi connectivity index (χ4v) is 10.2. The maximum atomic E-state index is 13.9. The molecule has 0 aliphatic heterocycles. The molecule has 5 aliphatic carbocycles. The van der Waals surface area contributed by atoms with Crippen LogP contribution in [0.25, 0.3) is 0 Å². The second kappa shape index (κ2) is 14.2. The number of amides is 4. The Hall–Kier alpha value is -3.42. The minimum Gasteiger partial charge on any atom is -0.378 e. The maximum Gasteiger partial charge on any atom is 0.322 e. The molecule has 0 saturated heterocycles. The van der Waals surface area contributed by atoms with Crippen molar-refractivity contribution in [2.24, 2.45) is 35.5 Å². The van der Waals surface area contributed by atoms with Gasteiger partial charge in [-0.25, -0.2) is 9.59 Å². The van der Waals surface area contributed by atoms with Crippen LogP contribution in [-0.2, 0) is 0 Å². The van der Waals surface area contributed by atoms with Crippen molar-refractivity contribution >= 4 is 34.8 Å². The van der Waals surface area contributed by atoms with Crippen molar-refractivity contribution < 1.29 is 9.59 Å². The highest BCUT2D eigenvalue weighted by molar-refractivity contribution is 5.90. The quantitative estimate of drug-likeness (QED) is 0.270. The summed E-state index contributed by atoms with van der Waals surface area (Å²) >= 11 is 0. The van der Waals surface area contributed by atoms with Crippen LogP contribution in [0.1, 0.15) is 77.0 Å². The number of carbonyl (C=O) groups is 2. The highest BCUT2D eigenvalue weighted by Gasteiger charge is 2.46. The second-order valence-corrected chi connectivity index (χ2v) is 16.4. The van der Waals surface area contributed by atoms with E-state index in [9.17, 15) is 9.59 Å². The summed E-state index contributed by atoms with van der Waals surface area (Å²) in [6.45, 7) is 1.70. The van der Waals surface area contributed by atoms with Crippen LogP contribution in [0, 0.1) is 35.5 Å². The van der Waals surface area contributed by atoms with Crippen LogP contribution in [0.4, 0.5) is 32.3 Å². The topological polar surface area (TPSA) is 71.2 Å². The number of nitrogens with zero attached hydrogens (tertiary/aromatic N) is 4. The number of hydrogen-bond donors (Lipinski definition) is 2. The van der Waals surface area contributed by atoms with Gasteiger partial charge in [-0.05, 0) is 148 Å². The predicted molar refractivity (Wildman–Crippen MR) is 197 cm³/mol. The first-order chi connectivity index (χ1) is 23.2. The third-order valence-corrected chi connectivity index (χ3v) is 12.9. The van der Waals surface area contributed by atoms with E-state index in [4.69, 9.17) is 0 Å². The van der Waals surface area contributed by atoms with Crippen LogP contribution in [0.15, 0.2) is 48.5 Å². The maximum absolute atomic E-state index is 13.9. The summed E-state index contributed by atoms with van der Waals surface area (Å²) in [6.07, 6.45) is 14.6. The number of benzene rings is 2. The average molecular weight is 655 g/mol. The third kappa shape index (κ3) is 7.28. The second-order valence-electron chi connectivity index (χ2n) is 16.4. The number of carbonyl (C=O) groups excluding carboxylic acids is 2. The number of urea groups is 2. The van der Waals surface area contributed by atoms with Crippen LogP contribution in [0.2, 0.25) is 0 Å². The molecule has 8 heteroatoms. The van der Waals surface area contributed by atoms with Crippen molar-refractivity contribution in [2.75, 3.05) is 61.7 Å². The number of hydrogen-bond acceptors (Lipinski definition) is 4. The molecule has 4 unspecified atom stereocenters. The van der Waals surface area contributed by atoms with Gasteiger partial charge in [0.05, 0.1) is 0 Å². The monoisotopic (exact) mass is 654 g/mol. The van der Waals surface area contributed by atoms with Crippen molar-refractivity contribution in [3.63, 3.8) is 0 Å². The van der Waals surface area contributed by atoms with Crippen molar-refractivity contribution in [3.05, 3.63) is 48.5 Å². The molecule has 4 amide bonds. The van der Waals surface area contributed by atoms with E-state index in [2.05, 4.69) is 54.5 Å². The highest BCUT2D eigenvalue weighted by atomic mass is 16.2. The molecular formula is C40H58N6O2. The van der Waals surface area contributed by atoms with Gasteiger partial charge in [-0.3, -0.25) is 0 Å². The van der Waals surface area contributed by atoms with Gasteiger partial charge in [0.15, 0.2) is 0 Å². The molecule has 48 heavy (non-hydrogen) atoms. The first-order valence-corrected chi connectivity index (χ1v) is 18.9. The lowest BCUT2D eigenvalue weighted by atomic mass is 9.80. The third-order valence-electron chi connectivity index (χ3n) is 12.9. The van der Waals surface area contributed by atoms with Gasteiger partial charge in [-0.1, -0.05) is 12.8 Å². The van der Waals surface area contributed by atoms with E-state index in [-0.39, 0.29) is 12.1 Å². The SMILES string of the molecule is CN(C)c1ccc(NC(=O)N(CC2CCC(CN(C(=O)Nc3ccc(N(C)C)cc3)[C@H]3C[C@H]4CCC3C4)CC2)C2CC3CCC2C3)cc1. The lowest BCUT2D eigenvalue weighted by Crippen LogP contribution is -2.49.